The topological polar surface area (TPSA) is 25.2 Å². The van der Waals surface area contributed by atoms with Crippen molar-refractivity contribution in [2.45, 2.75) is 6.54 Å². The van der Waals surface area contributed by atoms with Crippen molar-refractivity contribution < 1.29 is 16.8 Å². The van der Waals surface area contributed by atoms with Crippen molar-refractivity contribution in [1.29, 1.82) is 0 Å². The van der Waals surface area contributed by atoms with Crippen molar-refractivity contribution in [3.05, 3.63) is 46.1 Å². The van der Waals surface area contributed by atoms with Gasteiger partial charge in [0.05, 0.1) is 11.6 Å². The van der Waals surface area contributed by atoms with E-state index in [0.717, 1.165) is 17.1 Å². The van der Waals surface area contributed by atoms with Gasteiger partial charge in [-0.2, -0.15) is 0 Å². The normalized spacial score (nSPS) is 10.1. The molecular formula is C12H11Cl3NO-. The maximum atomic E-state index is 6.08. The van der Waals surface area contributed by atoms with Gasteiger partial charge in [0.2, 0.25) is 0 Å². The summed E-state index contributed by atoms with van der Waals surface area (Å²) >= 11 is 12.0. The molecular weight excluding hydrogens is 280 g/mol. The molecule has 92 valence electrons. The van der Waals surface area contributed by atoms with Crippen LogP contribution in [0.1, 0.15) is 5.76 Å². The number of furan rings is 1. The quantitative estimate of drug-likeness (QED) is 0.912. The summed E-state index contributed by atoms with van der Waals surface area (Å²) in [5.41, 5.74) is 0.816. The molecule has 1 aromatic carbocycles. The van der Waals surface area contributed by atoms with Crippen LogP contribution in [0.4, 0.5) is 0 Å². The molecule has 0 fully saturated rings. The monoisotopic (exact) mass is 290 g/mol. The summed E-state index contributed by atoms with van der Waals surface area (Å²) in [5.74, 6) is 1.60. The molecule has 0 saturated heterocycles. The Morgan fingerprint density at radius 3 is 2.65 bits per heavy atom. The number of benzene rings is 1. The van der Waals surface area contributed by atoms with Crippen LogP contribution >= 0.6 is 23.2 Å². The second-order valence-electron chi connectivity index (χ2n) is 3.42. The molecule has 0 atom stereocenters. The first-order valence-electron chi connectivity index (χ1n) is 4.89. The third-order valence-corrected chi connectivity index (χ3v) is 2.77. The molecule has 0 spiro atoms. The summed E-state index contributed by atoms with van der Waals surface area (Å²) in [7, 11) is 1.87. The Hall–Kier alpha value is -0.670. The molecule has 0 aliphatic heterocycles. The van der Waals surface area contributed by atoms with Crippen molar-refractivity contribution in [3.8, 4) is 11.3 Å². The zero-order valence-corrected chi connectivity index (χ0v) is 11.4. The predicted octanol–water partition coefficient (Wildman–Crippen LogP) is 0.977. The first kappa shape index (κ1) is 14.4. The van der Waals surface area contributed by atoms with Crippen molar-refractivity contribution >= 4 is 23.2 Å². The Balaban J connectivity index is 0.00000144. The minimum Gasteiger partial charge on any atom is -1.00 e. The molecule has 0 radical (unpaired) electrons. The number of halogens is 3. The summed E-state index contributed by atoms with van der Waals surface area (Å²) in [6.45, 7) is 0.693. The van der Waals surface area contributed by atoms with Crippen LogP contribution in [0.3, 0.4) is 0 Å². The van der Waals surface area contributed by atoms with E-state index < -0.39 is 0 Å². The number of rotatable bonds is 3. The summed E-state index contributed by atoms with van der Waals surface area (Å²) < 4.78 is 5.64. The Kier molecular flexibility index (Phi) is 5.34. The SMILES string of the molecule is CNCc1ccc(-c2cc(Cl)ccc2Cl)o1.[Cl-]. The minimum absolute atomic E-state index is 0. The van der Waals surface area contributed by atoms with Gasteiger partial charge in [0, 0.05) is 10.6 Å². The molecule has 2 rings (SSSR count). The van der Waals surface area contributed by atoms with Gasteiger partial charge in [-0.1, -0.05) is 23.2 Å². The van der Waals surface area contributed by atoms with E-state index in [1.54, 1.807) is 18.2 Å². The lowest BCUT2D eigenvalue weighted by Crippen LogP contribution is -3.00. The second kappa shape index (κ2) is 6.31. The van der Waals surface area contributed by atoms with E-state index >= 15 is 0 Å². The van der Waals surface area contributed by atoms with E-state index in [1.165, 1.54) is 0 Å². The lowest BCUT2D eigenvalue weighted by atomic mass is 10.2. The molecule has 0 aliphatic rings. The Bertz CT molecular complexity index is 496. The maximum absolute atomic E-state index is 6.08. The van der Waals surface area contributed by atoms with Crippen LogP contribution in [0.15, 0.2) is 34.7 Å². The summed E-state index contributed by atoms with van der Waals surface area (Å²) in [4.78, 5) is 0. The molecule has 0 amide bonds. The summed E-state index contributed by atoms with van der Waals surface area (Å²) in [5, 5.41) is 4.30. The van der Waals surface area contributed by atoms with Gasteiger partial charge < -0.3 is 22.1 Å². The largest absolute Gasteiger partial charge is 1.00 e. The summed E-state index contributed by atoms with van der Waals surface area (Å²) in [6, 6.07) is 9.13. The van der Waals surface area contributed by atoms with Crippen molar-refractivity contribution in [1.82, 2.24) is 5.32 Å². The predicted molar refractivity (Wildman–Crippen MR) is 66.9 cm³/mol. The molecule has 2 aromatic rings. The lowest BCUT2D eigenvalue weighted by molar-refractivity contribution is -0.00000366. The highest BCUT2D eigenvalue weighted by Gasteiger charge is 2.08. The fourth-order valence-corrected chi connectivity index (χ4v) is 1.86. The van der Waals surface area contributed by atoms with Gasteiger partial charge in [-0.05, 0) is 37.4 Å². The number of hydrogen-bond donors (Lipinski definition) is 1. The molecule has 1 aromatic heterocycles. The molecule has 17 heavy (non-hydrogen) atoms. The Morgan fingerprint density at radius 1 is 1.18 bits per heavy atom. The van der Waals surface area contributed by atoms with Crippen molar-refractivity contribution in [2.24, 2.45) is 0 Å². The molecule has 0 bridgehead atoms. The van der Waals surface area contributed by atoms with E-state index in [2.05, 4.69) is 5.32 Å². The van der Waals surface area contributed by atoms with Crippen LogP contribution in [0.25, 0.3) is 11.3 Å². The van der Waals surface area contributed by atoms with Gasteiger partial charge in [-0.25, -0.2) is 0 Å². The highest BCUT2D eigenvalue weighted by molar-refractivity contribution is 6.35. The first-order chi connectivity index (χ1) is 7.70. The van der Waals surface area contributed by atoms with Crippen molar-refractivity contribution in [3.63, 3.8) is 0 Å². The molecule has 0 aliphatic carbocycles. The standard InChI is InChI=1S/C12H11Cl2NO.ClH/c1-15-7-9-3-5-12(16-9)10-6-8(13)2-4-11(10)14;/h2-6,15H,7H2,1H3;1H/p-1. The van der Waals surface area contributed by atoms with Gasteiger partial charge in [0.1, 0.15) is 11.5 Å². The fourth-order valence-electron chi connectivity index (χ4n) is 1.48. The number of hydrogen-bond acceptors (Lipinski definition) is 2. The third-order valence-electron chi connectivity index (χ3n) is 2.21. The highest BCUT2D eigenvalue weighted by Crippen LogP contribution is 2.31. The molecule has 5 heteroatoms. The molecule has 0 saturated carbocycles. The average Bonchev–Trinajstić information content (AvgIpc) is 2.71. The molecule has 0 unspecified atom stereocenters. The molecule has 1 heterocycles. The van der Waals surface area contributed by atoms with Gasteiger partial charge in [0.25, 0.3) is 0 Å². The first-order valence-corrected chi connectivity index (χ1v) is 5.65. The maximum Gasteiger partial charge on any atom is 0.135 e. The van der Waals surface area contributed by atoms with Gasteiger partial charge in [-0.15, -0.1) is 0 Å². The van der Waals surface area contributed by atoms with Crippen LogP contribution in [0.2, 0.25) is 10.0 Å². The van der Waals surface area contributed by atoms with Gasteiger partial charge >= 0.3 is 0 Å². The Morgan fingerprint density at radius 2 is 1.94 bits per heavy atom. The molecule has 2 nitrogen and oxygen atoms in total. The minimum atomic E-state index is 0. The number of nitrogens with one attached hydrogen (secondary N) is 1. The van der Waals surface area contributed by atoms with Crippen LogP contribution in [0, 0.1) is 0 Å². The molecule has 1 N–H and O–H groups in total. The van der Waals surface area contributed by atoms with Crippen LogP contribution in [0.5, 0.6) is 0 Å². The lowest BCUT2D eigenvalue weighted by Gasteiger charge is -2.01. The van der Waals surface area contributed by atoms with E-state index in [4.69, 9.17) is 27.6 Å². The zero-order valence-electron chi connectivity index (χ0n) is 9.14. The average molecular weight is 292 g/mol. The van der Waals surface area contributed by atoms with E-state index in [0.29, 0.717) is 16.6 Å². The van der Waals surface area contributed by atoms with Crippen LogP contribution in [-0.4, -0.2) is 7.05 Å². The van der Waals surface area contributed by atoms with Crippen LogP contribution in [-0.2, 0) is 6.54 Å². The second-order valence-corrected chi connectivity index (χ2v) is 4.26. The van der Waals surface area contributed by atoms with E-state index in [1.807, 2.05) is 19.2 Å². The summed E-state index contributed by atoms with van der Waals surface area (Å²) in [6.07, 6.45) is 0. The Labute approximate surface area is 116 Å². The highest BCUT2D eigenvalue weighted by atomic mass is 35.5. The van der Waals surface area contributed by atoms with Gasteiger partial charge in [0.15, 0.2) is 0 Å². The fraction of sp³-hybridized carbons (Fsp3) is 0.167. The van der Waals surface area contributed by atoms with E-state index in [-0.39, 0.29) is 12.4 Å². The zero-order chi connectivity index (χ0) is 11.5. The van der Waals surface area contributed by atoms with E-state index in [9.17, 15) is 0 Å². The van der Waals surface area contributed by atoms with Gasteiger partial charge in [-0.3, -0.25) is 0 Å². The smallest absolute Gasteiger partial charge is 0.135 e. The van der Waals surface area contributed by atoms with Crippen LogP contribution < -0.4 is 17.7 Å². The third kappa shape index (κ3) is 3.39. The van der Waals surface area contributed by atoms with Crippen molar-refractivity contribution in [2.75, 3.05) is 7.05 Å².